The third-order valence-corrected chi connectivity index (χ3v) is 3.37. The van der Waals surface area contributed by atoms with Crippen molar-refractivity contribution in [2.75, 3.05) is 11.9 Å². The molecule has 1 aliphatic carbocycles. The third-order valence-electron chi connectivity index (χ3n) is 2.75. The van der Waals surface area contributed by atoms with E-state index in [1.165, 1.54) is 6.07 Å². The fraction of sp³-hybridized carbons (Fsp3) is 0.455. The molecule has 1 aromatic carbocycles. The van der Waals surface area contributed by atoms with E-state index in [2.05, 4.69) is 26.0 Å². The molecule has 0 atom stereocenters. The fourth-order valence-electron chi connectivity index (χ4n) is 1.61. The average molecular weight is 355 g/mol. The molecule has 0 amide bonds. The van der Waals surface area contributed by atoms with Crippen molar-refractivity contribution in [2.24, 2.45) is 5.92 Å². The van der Waals surface area contributed by atoms with Crippen molar-refractivity contribution in [3.05, 3.63) is 26.7 Å². The molecule has 0 heterocycles. The van der Waals surface area contributed by atoms with Crippen LogP contribution in [0.3, 0.4) is 0 Å². The number of alkyl halides is 3. The summed E-state index contributed by atoms with van der Waals surface area (Å²) in [5, 5.41) is 13.8. The Hall–Kier alpha value is -1.51. The number of nitrogens with one attached hydrogen (secondary N) is 1. The molecule has 1 fully saturated rings. The van der Waals surface area contributed by atoms with Crippen LogP contribution in [-0.4, -0.2) is 17.8 Å². The van der Waals surface area contributed by atoms with Crippen molar-refractivity contribution in [3.63, 3.8) is 0 Å². The molecule has 110 valence electrons. The van der Waals surface area contributed by atoms with E-state index in [1.54, 1.807) is 0 Å². The van der Waals surface area contributed by atoms with E-state index >= 15 is 0 Å². The normalized spacial score (nSPS) is 15.0. The summed E-state index contributed by atoms with van der Waals surface area (Å²) < 4.78 is 40.3. The summed E-state index contributed by atoms with van der Waals surface area (Å²) >= 11 is 2.92. The maximum absolute atomic E-state index is 12.2. The zero-order chi connectivity index (χ0) is 14.9. The lowest BCUT2D eigenvalue weighted by Crippen LogP contribution is -2.17. The minimum absolute atomic E-state index is 0.00118. The largest absolute Gasteiger partial charge is 0.573 e. The van der Waals surface area contributed by atoms with Crippen LogP contribution in [-0.2, 0) is 0 Å². The van der Waals surface area contributed by atoms with Gasteiger partial charge in [-0.2, -0.15) is 0 Å². The van der Waals surface area contributed by atoms with E-state index in [0.717, 1.165) is 18.9 Å². The molecule has 0 bridgehead atoms. The van der Waals surface area contributed by atoms with E-state index in [0.29, 0.717) is 12.5 Å². The van der Waals surface area contributed by atoms with Crippen LogP contribution < -0.4 is 10.1 Å². The van der Waals surface area contributed by atoms with Crippen LogP contribution in [0.2, 0.25) is 0 Å². The summed E-state index contributed by atoms with van der Waals surface area (Å²) in [5.74, 6) is -0.166. The molecule has 1 aromatic rings. The smallest absolute Gasteiger partial charge is 0.404 e. The number of nitro groups is 1. The molecule has 9 heteroatoms. The molecular formula is C11H10BrF3N2O3. The van der Waals surface area contributed by atoms with Crippen molar-refractivity contribution < 1.29 is 22.8 Å². The first kappa shape index (κ1) is 14.9. The zero-order valence-electron chi connectivity index (χ0n) is 10.0. The fourth-order valence-corrected chi connectivity index (χ4v) is 2.04. The Bertz CT molecular complexity index is 532. The number of hydrogen-bond acceptors (Lipinski definition) is 4. The predicted octanol–water partition coefficient (Wildman–Crippen LogP) is 4.08. The molecule has 0 saturated heterocycles. The summed E-state index contributed by atoms with van der Waals surface area (Å²) in [6.07, 6.45) is -2.80. The van der Waals surface area contributed by atoms with E-state index in [-0.39, 0.29) is 10.2 Å². The van der Waals surface area contributed by atoms with Crippen LogP contribution in [0.5, 0.6) is 5.75 Å². The van der Waals surface area contributed by atoms with Gasteiger partial charge >= 0.3 is 6.36 Å². The van der Waals surface area contributed by atoms with Crippen molar-refractivity contribution in [3.8, 4) is 5.75 Å². The first-order valence-corrected chi connectivity index (χ1v) is 6.53. The molecule has 0 radical (unpaired) electrons. The molecule has 0 unspecified atom stereocenters. The first-order chi connectivity index (χ1) is 9.26. The molecule has 1 aliphatic rings. The number of halogens is 4. The molecule has 0 spiro atoms. The molecule has 1 saturated carbocycles. The lowest BCUT2D eigenvalue weighted by atomic mass is 10.2. The number of nitro benzene ring substituents is 1. The molecule has 20 heavy (non-hydrogen) atoms. The maximum atomic E-state index is 12.2. The average Bonchev–Trinajstić information content (AvgIpc) is 3.11. The molecular weight excluding hydrogens is 345 g/mol. The minimum Gasteiger partial charge on any atom is -0.404 e. The summed E-state index contributed by atoms with van der Waals surface area (Å²) in [7, 11) is 0. The van der Waals surface area contributed by atoms with Gasteiger partial charge in [0.1, 0.15) is 5.69 Å². The second-order valence-corrected chi connectivity index (χ2v) is 5.28. The van der Waals surface area contributed by atoms with Crippen LogP contribution in [0.25, 0.3) is 0 Å². The van der Waals surface area contributed by atoms with Gasteiger partial charge in [-0.3, -0.25) is 10.1 Å². The Morgan fingerprint density at radius 3 is 2.60 bits per heavy atom. The molecule has 1 N–H and O–H groups in total. The zero-order valence-corrected chi connectivity index (χ0v) is 11.6. The monoisotopic (exact) mass is 354 g/mol. The first-order valence-electron chi connectivity index (χ1n) is 5.74. The Morgan fingerprint density at radius 2 is 2.10 bits per heavy atom. The van der Waals surface area contributed by atoms with Gasteiger partial charge in [0.15, 0.2) is 5.75 Å². The highest BCUT2D eigenvalue weighted by Crippen LogP contribution is 2.39. The van der Waals surface area contributed by atoms with Crippen LogP contribution in [0.4, 0.5) is 24.5 Å². The lowest BCUT2D eigenvalue weighted by Gasteiger charge is -2.13. The number of nitrogens with zero attached hydrogens (tertiary/aromatic N) is 1. The minimum atomic E-state index is -4.90. The molecule has 0 aromatic heterocycles. The number of ether oxygens (including phenoxy) is 1. The van der Waals surface area contributed by atoms with Gasteiger partial charge in [-0.1, -0.05) is 0 Å². The van der Waals surface area contributed by atoms with Gasteiger partial charge < -0.3 is 10.1 Å². The second kappa shape index (κ2) is 5.47. The van der Waals surface area contributed by atoms with Gasteiger partial charge in [-0.05, 0) is 40.8 Å². The maximum Gasteiger partial charge on any atom is 0.573 e. The Morgan fingerprint density at radius 1 is 1.45 bits per heavy atom. The summed E-state index contributed by atoms with van der Waals surface area (Å²) in [6, 6.07) is 1.98. The van der Waals surface area contributed by atoms with E-state index in [4.69, 9.17) is 0 Å². The van der Waals surface area contributed by atoms with Crippen LogP contribution >= 0.6 is 15.9 Å². The second-order valence-electron chi connectivity index (χ2n) is 4.43. The summed E-state index contributed by atoms with van der Waals surface area (Å²) in [6.45, 7) is 0.562. The molecule has 0 aliphatic heterocycles. The third kappa shape index (κ3) is 3.99. The van der Waals surface area contributed by atoms with Crippen LogP contribution in [0, 0.1) is 16.0 Å². The van der Waals surface area contributed by atoms with E-state index in [1.807, 2.05) is 0 Å². The Kier molecular flexibility index (Phi) is 4.07. The number of rotatable bonds is 5. The van der Waals surface area contributed by atoms with Gasteiger partial charge in [-0.25, -0.2) is 0 Å². The van der Waals surface area contributed by atoms with Gasteiger partial charge in [0.2, 0.25) is 0 Å². The highest BCUT2D eigenvalue weighted by atomic mass is 79.9. The van der Waals surface area contributed by atoms with Gasteiger partial charge in [0.05, 0.1) is 15.5 Å². The summed E-state index contributed by atoms with van der Waals surface area (Å²) in [5.41, 5.74) is -0.281. The van der Waals surface area contributed by atoms with Crippen LogP contribution in [0.15, 0.2) is 16.6 Å². The van der Waals surface area contributed by atoms with Crippen molar-refractivity contribution in [1.29, 1.82) is 0 Å². The van der Waals surface area contributed by atoms with E-state index < -0.39 is 22.7 Å². The summed E-state index contributed by atoms with van der Waals surface area (Å²) in [4.78, 5) is 10.2. The van der Waals surface area contributed by atoms with Crippen molar-refractivity contribution in [2.45, 2.75) is 19.2 Å². The van der Waals surface area contributed by atoms with Gasteiger partial charge in [0, 0.05) is 6.54 Å². The van der Waals surface area contributed by atoms with Crippen LogP contribution in [0.1, 0.15) is 12.8 Å². The van der Waals surface area contributed by atoms with Gasteiger partial charge in [-0.15, -0.1) is 13.2 Å². The Balaban J connectivity index is 2.27. The van der Waals surface area contributed by atoms with Crippen molar-refractivity contribution >= 4 is 27.3 Å². The quantitative estimate of drug-likeness (QED) is 0.639. The lowest BCUT2D eigenvalue weighted by molar-refractivity contribution is -0.384. The number of benzene rings is 1. The van der Waals surface area contributed by atoms with E-state index in [9.17, 15) is 23.3 Å². The van der Waals surface area contributed by atoms with Gasteiger partial charge in [0.25, 0.3) is 5.69 Å². The highest BCUT2D eigenvalue weighted by molar-refractivity contribution is 9.10. The Labute approximate surface area is 120 Å². The predicted molar refractivity (Wildman–Crippen MR) is 68.7 cm³/mol. The molecule has 2 rings (SSSR count). The highest BCUT2D eigenvalue weighted by Gasteiger charge is 2.33. The topological polar surface area (TPSA) is 64.4 Å². The number of anilines is 1. The number of hydrogen-bond donors (Lipinski definition) is 1. The molecule has 5 nitrogen and oxygen atoms in total. The standard InChI is InChI=1S/C11H10BrF3N2O3/c12-7-3-8(16-5-6-1-2-6)9(17(18)19)4-10(7)20-11(13,14)15/h3-4,6,16H,1-2,5H2. The SMILES string of the molecule is O=[N+]([O-])c1cc(OC(F)(F)F)c(Br)cc1NCC1CC1. The van der Waals surface area contributed by atoms with Crippen molar-refractivity contribution in [1.82, 2.24) is 0 Å².